The van der Waals surface area contributed by atoms with E-state index >= 15 is 0 Å². The Morgan fingerprint density at radius 1 is 1.29 bits per heavy atom. The summed E-state index contributed by atoms with van der Waals surface area (Å²) in [4.78, 5) is 13.3. The van der Waals surface area contributed by atoms with Crippen molar-refractivity contribution >= 4 is 21.7 Å². The van der Waals surface area contributed by atoms with Crippen LogP contribution in [-0.2, 0) is 20.3 Å². The molecule has 1 aliphatic heterocycles. The molecule has 1 N–H and O–H groups in total. The van der Waals surface area contributed by atoms with E-state index in [4.69, 9.17) is 4.55 Å². The highest BCUT2D eigenvalue weighted by Crippen LogP contribution is 2.41. The molecule has 6 heteroatoms. The van der Waals surface area contributed by atoms with E-state index < -0.39 is 15.5 Å². The molecule has 0 unspecified atom stereocenters. The van der Waals surface area contributed by atoms with Crippen LogP contribution in [0.2, 0.25) is 0 Å². The van der Waals surface area contributed by atoms with Crippen LogP contribution in [-0.4, -0.2) is 25.9 Å². The van der Waals surface area contributed by atoms with Gasteiger partial charge in [-0.05, 0) is 37.6 Å². The molecular formula is C11H13NO4S. The van der Waals surface area contributed by atoms with E-state index in [-0.39, 0.29) is 10.8 Å². The normalized spacial score (nSPS) is 18.4. The molecule has 0 bridgehead atoms. The molecule has 0 atom stereocenters. The number of hydrogen-bond donors (Lipinski definition) is 1. The van der Waals surface area contributed by atoms with Crippen molar-refractivity contribution in [3.63, 3.8) is 0 Å². The van der Waals surface area contributed by atoms with Crippen LogP contribution < -0.4 is 4.90 Å². The summed E-state index contributed by atoms with van der Waals surface area (Å²) in [6.45, 7) is 3.46. The van der Waals surface area contributed by atoms with E-state index in [1.165, 1.54) is 23.1 Å². The van der Waals surface area contributed by atoms with Gasteiger partial charge in [-0.1, -0.05) is 0 Å². The van der Waals surface area contributed by atoms with Gasteiger partial charge < -0.3 is 4.90 Å². The number of nitrogens with zero attached hydrogens (tertiary/aromatic N) is 1. The van der Waals surface area contributed by atoms with Gasteiger partial charge in [-0.3, -0.25) is 9.35 Å². The summed E-state index contributed by atoms with van der Waals surface area (Å²) >= 11 is 0. The molecule has 17 heavy (non-hydrogen) atoms. The third-order valence-electron chi connectivity index (χ3n) is 3.14. The molecule has 1 aromatic carbocycles. The van der Waals surface area contributed by atoms with Gasteiger partial charge in [0, 0.05) is 12.7 Å². The number of anilines is 1. The Kier molecular flexibility index (Phi) is 2.34. The Balaban J connectivity index is 2.71. The second kappa shape index (κ2) is 3.30. The quantitative estimate of drug-likeness (QED) is 0.765. The van der Waals surface area contributed by atoms with E-state index in [1.54, 1.807) is 20.9 Å². The van der Waals surface area contributed by atoms with E-state index in [0.717, 1.165) is 0 Å². The molecule has 1 amide bonds. The second-order valence-corrected chi connectivity index (χ2v) is 6.06. The standard InChI is InChI=1S/C11H13NO4S/c1-11(2)8-6-7(17(14,15)16)4-5-9(8)12(3)10(11)13/h4-6H,1-3H3,(H,14,15,16). The van der Waals surface area contributed by atoms with E-state index in [9.17, 15) is 13.2 Å². The van der Waals surface area contributed by atoms with Crippen LogP contribution in [0.3, 0.4) is 0 Å². The maximum Gasteiger partial charge on any atom is 0.294 e. The summed E-state index contributed by atoms with van der Waals surface area (Å²) in [5.74, 6) is -0.0972. The topological polar surface area (TPSA) is 74.7 Å². The summed E-state index contributed by atoms with van der Waals surface area (Å²) in [5, 5.41) is 0. The van der Waals surface area contributed by atoms with Crippen molar-refractivity contribution in [3.8, 4) is 0 Å². The lowest BCUT2D eigenvalue weighted by atomic mass is 9.86. The lowest BCUT2D eigenvalue weighted by molar-refractivity contribution is -0.121. The van der Waals surface area contributed by atoms with Gasteiger partial charge in [0.15, 0.2) is 0 Å². The number of hydrogen-bond acceptors (Lipinski definition) is 3. The summed E-state index contributed by atoms with van der Waals surface area (Å²) < 4.78 is 31.1. The van der Waals surface area contributed by atoms with Crippen LogP contribution >= 0.6 is 0 Å². The first-order valence-electron chi connectivity index (χ1n) is 5.06. The third kappa shape index (κ3) is 1.64. The minimum atomic E-state index is -4.24. The monoisotopic (exact) mass is 255 g/mol. The molecule has 1 aromatic rings. The average molecular weight is 255 g/mol. The summed E-state index contributed by atoms with van der Waals surface area (Å²) in [7, 11) is -2.60. The fourth-order valence-electron chi connectivity index (χ4n) is 2.11. The van der Waals surface area contributed by atoms with Gasteiger partial charge in [0.25, 0.3) is 10.1 Å². The number of carbonyl (C=O) groups excluding carboxylic acids is 1. The molecule has 0 saturated carbocycles. The van der Waals surface area contributed by atoms with E-state index in [0.29, 0.717) is 11.3 Å². The molecule has 5 nitrogen and oxygen atoms in total. The molecule has 0 spiro atoms. The number of amides is 1. The van der Waals surface area contributed by atoms with Gasteiger partial charge in [-0.15, -0.1) is 0 Å². The van der Waals surface area contributed by atoms with Gasteiger partial charge in [-0.2, -0.15) is 8.42 Å². The molecule has 1 heterocycles. The molecule has 92 valence electrons. The van der Waals surface area contributed by atoms with Crippen molar-refractivity contribution in [2.24, 2.45) is 0 Å². The predicted molar refractivity (Wildman–Crippen MR) is 62.7 cm³/mol. The number of rotatable bonds is 1. The van der Waals surface area contributed by atoms with Gasteiger partial charge >= 0.3 is 0 Å². The molecule has 0 aliphatic carbocycles. The van der Waals surface area contributed by atoms with Crippen LogP contribution in [0.4, 0.5) is 5.69 Å². The summed E-state index contributed by atoms with van der Waals surface area (Å²) in [5.41, 5.74) is 0.512. The Bertz CT molecular complexity index is 604. The highest BCUT2D eigenvalue weighted by molar-refractivity contribution is 7.85. The fourth-order valence-corrected chi connectivity index (χ4v) is 2.62. The maximum atomic E-state index is 12.0. The largest absolute Gasteiger partial charge is 0.314 e. The van der Waals surface area contributed by atoms with Crippen molar-refractivity contribution in [2.75, 3.05) is 11.9 Å². The lowest BCUT2D eigenvalue weighted by Crippen LogP contribution is -2.33. The van der Waals surface area contributed by atoms with E-state index in [2.05, 4.69) is 0 Å². The fraction of sp³-hybridized carbons (Fsp3) is 0.364. The van der Waals surface area contributed by atoms with Crippen LogP contribution in [0.25, 0.3) is 0 Å². The zero-order valence-corrected chi connectivity index (χ0v) is 10.6. The average Bonchev–Trinajstić information content (AvgIpc) is 2.39. The van der Waals surface area contributed by atoms with Crippen molar-refractivity contribution in [1.82, 2.24) is 0 Å². The molecule has 1 aliphatic rings. The second-order valence-electron chi connectivity index (χ2n) is 4.64. The lowest BCUT2D eigenvalue weighted by Gasteiger charge is -2.16. The predicted octanol–water partition coefficient (Wildman–Crippen LogP) is 1.19. The van der Waals surface area contributed by atoms with Gasteiger partial charge in [0.2, 0.25) is 5.91 Å². The molecular weight excluding hydrogens is 242 g/mol. The minimum absolute atomic E-state index is 0.0972. The zero-order valence-electron chi connectivity index (χ0n) is 9.76. The Labute approximate surface area is 99.8 Å². The smallest absolute Gasteiger partial charge is 0.294 e. The maximum absolute atomic E-state index is 12.0. The van der Waals surface area contributed by atoms with Crippen molar-refractivity contribution in [2.45, 2.75) is 24.2 Å². The number of likely N-dealkylation sites (N-methyl/N-ethyl adjacent to an activating group) is 1. The van der Waals surface area contributed by atoms with Crippen molar-refractivity contribution < 1.29 is 17.8 Å². The Morgan fingerprint density at radius 3 is 2.41 bits per heavy atom. The Hall–Kier alpha value is -1.40. The zero-order chi connectivity index (χ0) is 13.0. The highest BCUT2D eigenvalue weighted by atomic mass is 32.2. The van der Waals surface area contributed by atoms with E-state index in [1.807, 2.05) is 0 Å². The summed E-state index contributed by atoms with van der Waals surface area (Å²) in [6.07, 6.45) is 0. The highest BCUT2D eigenvalue weighted by Gasteiger charge is 2.42. The molecule has 2 rings (SSSR count). The third-order valence-corrected chi connectivity index (χ3v) is 3.99. The van der Waals surface area contributed by atoms with Crippen LogP contribution in [0, 0.1) is 0 Å². The SMILES string of the molecule is CN1C(=O)C(C)(C)c2cc(S(=O)(=O)O)ccc21. The number of carbonyl (C=O) groups is 1. The van der Waals surface area contributed by atoms with Crippen LogP contribution in [0.15, 0.2) is 23.1 Å². The number of benzene rings is 1. The Morgan fingerprint density at radius 2 is 1.88 bits per heavy atom. The van der Waals surface area contributed by atoms with Gasteiger partial charge in [-0.25, -0.2) is 0 Å². The molecule has 0 radical (unpaired) electrons. The van der Waals surface area contributed by atoms with Crippen molar-refractivity contribution in [3.05, 3.63) is 23.8 Å². The van der Waals surface area contributed by atoms with Gasteiger partial charge in [0.05, 0.1) is 10.3 Å². The number of fused-ring (bicyclic) bond motifs is 1. The molecule has 0 fully saturated rings. The summed E-state index contributed by atoms with van der Waals surface area (Å²) in [6, 6.07) is 4.18. The molecule has 0 saturated heterocycles. The van der Waals surface area contributed by atoms with Crippen LogP contribution in [0.1, 0.15) is 19.4 Å². The first-order valence-corrected chi connectivity index (χ1v) is 6.50. The van der Waals surface area contributed by atoms with Crippen LogP contribution in [0.5, 0.6) is 0 Å². The minimum Gasteiger partial charge on any atom is -0.314 e. The molecule has 0 aromatic heterocycles. The van der Waals surface area contributed by atoms with Gasteiger partial charge in [0.1, 0.15) is 0 Å². The first kappa shape index (κ1) is 12.1. The van der Waals surface area contributed by atoms with Crippen molar-refractivity contribution in [1.29, 1.82) is 0 Å². The first-order chi connectivity index (χ1) is 7.65.